The minimum atomic E-state index is -0.117. The molecule has 2 N–H and O–H groups in total. The normalized spacial score (nSPS) is 32.9. The molecule has 1 heterocycles. The van der Waals surface area contributed by atoms with Crippen molar-refractivity contribution in [1.29, 1.82) is 0 Å². The van der Waals surface area contributed by atoms with Gasteiger partial charge in [0.25, 0.3) is 0 Å². The molecular weight excluding hydrogens is 276 g/mol. The lowest BCUT2D eigenvalue weighted by molar-refractivity contribution is 0.231. The van der Waals surface area contributed by atoms with Crippen molar-refractivity contribution >= 4 is 11.3 Å². The van der Waals surface area contributed by atoms with Gasteiger partial charge in [0.15, 0.2) is 0 Å². The molecule has 3 heteroatoms. The van der Waals surface area contributed by atoms with Crippen molar-refractivity contribution in [3.05, 3.63) is 15.6 Å². The minimum absolute atomic E-state index is 0.117. The van der Waals surface area contributed by atoms with Crippen molar-refractivity contribution in [2.24, 2.45) is 17.6 Å². The lowest BCUT2D eigenvalue weighted by Gasteiger charge is -2.35. The van der Waals surface area contributed by atoms with Gasteiger partial charge in [-0.25, -0.2) is 4.98 Å². The molecule has 0 aliphatic heterocycles. The van der Waals surface area contributed by atoms with E-state index in [0.29, 0.717) is 0 Å². The molecule has 0 radical (unpaired) electrons. The van der Waals surface area contributed by atoms with Crippen LogP contribution in [0.1, 0.15) is 80.8 Å². The van der Waals surface area contributed by atoms with Crippen molar-refractivity contribution in [3.63, 3.8) is 0 Å². The zero-order valence-electron chi connectivity index (χ0n) is 13.7. The average Bonchev–Trinajstić information content (AvgIpc) is 2.92. The van der Waals surface area contributed by atoms with Crippen molar-refractivity contribution in [2.45, 2.75) is 83.6 Å². The summed E-state index contributed by atoms with van der Waals surface area (Å²) in [7, 11) is 0. The number of aryl methyl sites for hydroxylation is 1. The molecule has 1 atom stereocenters. The Labute approximate surface area is 133 Å². The highest BCUT2D eigenvalue weighted by molar-refractivity contribution is 7.11. The number of nitrogens with zero attached hydrogens (tertiary/aromatic N) is 1. The number of nitrogens with two attached hydrogens (primary N) is 1. The maximum atomic E-state index is 6.75. The molecule has 1 aromatic heterocycles. The Bertz CT molecular complexity index is 472. The van der Waals surface area contributed by atoms with Gasteiger partial charge in [-0.3, -0.25) is 0 Å². The van der Waals surface area contributed by atoms with E-state index in [4.69, 9.17) is 10.7 Å². The van der Waals surface area contributed by atoms with Crippen LogP contribution in [0.15, 0.2) is 0 Å². The first-order chi connectivity index (χ1) is 10.1. The van der Waals surface area contributed by atoms with Crippen LogP contribution in [0.5, 0.6) is 0 Å². The highest BCUT2D eigenvalue weighted by atomic mass is 32.1. The van der Waals surface area contributed by atoms with Crippen molar-refractivity contribution < 1.29 is 0 Å². The van der Waals surface area contributed by atoms with Crippen LogP contribution in [0.2, 0.25) is 0 Å². The Morgan fingerprint density at radius 1 is 1.19 bits per heavy atom. The Hall–Kier alpha value is -0.410. The third-order valence-electron chi connectivity index (χ3n) is 5.74. The summed E-state index contributed by atoms with van der Waals surface area (Å²) in [4.78, 5) is 6.54. The number of thiazole rings is 1. The van der Waals surface area contributed by atoms with Gasteiger partial charge in [-0.05, 0) is 56.8 Å². The first kappa shape index (κ1) is 15.5. The molecule has 0 saturated heterocycles. The number of aromatic nitrogens is 1. The summed E-state index contributed by atoms with van der Waals surface area (Å²) in [5.41, 5.74) is 8.01. The lowest BCUT2D eigenvalue weighted by atomic mass is 9.76. The van der Waals surface area contributed by atoms with E-state index in [-0.39, 0.29) is 5.54 Å². The molecule has 1 aromatic rings. The molecule has 0 aromatic carbocycles. The summed E-state index contributed by atoms with van der Waals surface area (Å²) in [6.07, 6.45) is 12.6. The summed E-state index contributed by atoms with van der Waals surface area (Å²) < 4.78 is 0. The van der Waals surface area contributed by atoms with E-state index in [9.17, 15) is 0 Å². The van der Waals surface area contributed by atoms with Gasteiger partial charge < -0.3 is 5.73 Å². The summed E-state index contributed by atoms with van der Waals surface area (Å²) >= 11 is 1.94. The molecular formula is C18H30N2S. The fourth-order valence-electron chi connectivity index (χ4n) is 4.13. The van der Waals surface area contributed by atoms with Gasteiger partial charge in [0.1, 0.15) is 5.01 Å². The van der Waals surface area contributed by atoms with Gasteiger partial charge in [-0.15, -0.1) is 11.3 Å². The third-order valence-corrected chi connectivity index (χ3v) is 7.08. The third kappa shape index (κ3) is 3.19. The lowest BCUT2D eigenvalue weighted by Crippen LogP contribution is -2.40. The van der Waals surface area contributed by atoms with Crippen molar-refractivity contribution in [2.75, 3.05) is 0 Å². The van der Waals surface area contributed by atoms with E-state index >= 15 is 0 Å². The predicted octanol–water partition coefficient (Wildman–Crippen LogP) is 4.80. The quantitative estimate of drug-likeness (QED) is 0.867. The average molecular weight is 307 g/mol. The molecule has 0 spiro atoms. The number of fused-ring (bicyclic) bond motifs is 1. The molecule has 21 heavy (non-hydrogen) atoms. The zero-order chi connectivity index (χ0) is 14.9. The van der Waals surface area contributed by atoms with E-state index in [0.717, 1.165) is 24.7 Å². The number of rotatable bonds is 4. The second kappa shape index (κ2) is 6.37. The molecule has 0 bridgehead atoms. The van der Waals surface area contributed by atoms with Gasteiger partial charge >= 0.3 is 0 Å². The second-order valence-corrected chi connectivity index (χ2v) is 8.38. The van der Waals surface area contributed by atoms with Crippen LogP contribution < -0.4 is 5.73 Å². The van der Waals surface area contributed by atoms with Crippen LogP contribution in [-0.4, -0.2) is 4.98 Å². The molecule has 2 nitrogen and oxygen atoms in total. The fraction of sp³-hybridized carbons (Fsp3) is 0.833. The van der Waals surface area contributed by atoms with Crippen LogP contribution in [0, 0.1) is 11.8 Å². The summed E-state index contributed by atoms with van der Waals surface area (Å²) in [6, 6.07) is 0. The highest BCUT2D eigenvalue weighted by Gasteiger charge is 2.36. The summed E-state index contributed by atoms with van der Waals surface area (Å²) in [6.45, 7) is 4.61. The molecule has 2 aliphatic rings. The maximum Gasteiger partial charge on any atom is 0.113 e. The Kier molecular flexibility index (Phi) is 4.70. The van der Waals surface area contributed by atoms with Gasteiger partial charge in [0.05, 0.1) is 11.2 Å². The number of hydrogen-bond donors (Lipinski definition) is 1. The molecule has 1 unspecified atom stereocenters. The topological polar surface area (TPSA) is 38.9 Å². The monoisotopic (exact) mass is 306 g/mol. The van der Waals surface area contributed by atoms with Crippen LogP contribution in [0.4, 0.5) is 0 Å². The standard InChI is InChI=1S/C18H30N2S/c1-3-5-14-6-7-15-16(12-14)21-17(20-15)18(19)10-8-13(4-2)9-11-18/h13-14H,3-12,19H2,1-2H3. The minimum Gasteiger partial charge on any atom is -0.319 e. The van der Waals surface area contributed by atoms with Crippen LogP contribution in [0.3, 0.4) is 0 Å². The number of hydrogen-bond acceptors (Lipinski definition) is 3. The Balaban J connectivity index is 1.73. The summed E-state index contributed by atoms with van der Waals surface area (Å²) in [5, 5.41) is 1.25. The van der Waals surface area contributed by atoms with Gasteiger partial charge in [0, 0.05) is 4.88 Å². The van der Waals surface area contributed by atoms with E-state index in [1.807, 2.05) is 11.3 Å². The van der Waals surface area contributed by atoms with E-state index < -0.39 is 0 Å². The summed E-state index contributed by atoms with van der Waals surface area (Å²) in [5.74, 6) is 1.78. The van der Waals surface area contributed by atoms with Crippen LogP contribution in [-0.2, 0) is 18.4 Å². The van der Waals surface area contributed by atoms with Gasteiger partial charge in [-0.2, -0.15) is 0 Å². The first-order valence-corrected chi connectivity index (χ1v) is 9.74. The van der Waals surface area contributed by atoms with Crippen LogP contribution >= 0.6 is 11.3 Å². The largest absolute Gasteiger partial charge is 0.319 e. The molecule has 118 valence electrons. The van der Waals surface area contributed by atoms with Gasteiger partial charge in [0.2, 0.25) is 0 Å². The molecule has 0 amide bonds. The second-order valence-electron chi connectivity index (χ2n) is 7.29. The fourth-order valence-corrected chi connectivity index (χ4v) is 5.51. The van der Waals surface area contributed by atoms with Gasteiger partial charge in [-0.1, -0.05) is 33.1 Å². The van der Waals surface area contributed by atoms with Crippen LogP contribution in [0.25, 0.3) is 0 Å². The zero-order valence-corrected chi connectivity index (χ0v) is 14.5. The first-order valence-electron chi connectivity index (χ1n) is 8.92. The highest BCUT2D eigenvalue weighted by Crippen LogP contribution is 2.42. The molecule has 2 aliphatic carbocycles. The SMILES string of the molecule is CCCC1CCc2nc(C3(N)CCC(CC)CC3)sc2C1. The van der Waals surface area contributed by atoms with Crippen molar-refractivity contribution in [3.8, 4) is 0 Å². The van der Waals surface area contributed by atoms with Crippen molar-refractivity contribution in [1.82, 2.24) is 4.98 Å². The Morgan fingerprint density at radius 3 is 2.62 bits per heavy atom. The predicted molar refractivity (Wildman–Crippen MR) is 90.7 cm³/mol. The smallest absolute Gasteiger partial charge is 0.113 e. The molecule has 1 fully saturated rings. The molecule has 3 rings (SSSR count). The van der Waals surface area contributed by atoms with E-state index in [1.54, 1.807) is 4.88 Å². The Morgan fingerprint density at radius 2 is 1.95 bits per heavy atom. The van der Waals surface area contributed by atoms with E-state index in [2.05, 4.69) is 13.8 Å². The maximum absolute atomic E-state index is 6.75. The molecule has 1 saturated carbocycles. The van der Waals surface area contributed by atoms with E-state index in [1.165, 1.54) is 62.1 Å².